The molecule has 11 heteroatoms. The van der Waals surface area contributed by atoms with Crippen LogP contribution < -0.4 is 20.9 Å². The summed E-state index contributed by atoms with van der Waals surface area (Å²) in [5.41, 5.74) is 0.129. The quantitative estimate of drug-likeness (QED) is 0.647. The molecule has 1 saturated heterocycles. The van der Waals surface area contributed by atoms with Gasteiger partial charge in [-0.25, -0.2) is 9.18 Å². The van der Waals surface area contributed by atoms with Crippen LogP contribution in [0, 0.1) is 12.7 Å². The van der Waals surface area contributed by atoms with Crippen LogP contribution in [-0.4, -0.2) is 60.0 Å². The molecule has 0 bridgehead atoms. The molecule has 1 aromatic carbocycles. The molecule has 1 N–H and O–H groups in total. The van der Waals surface area contributed by atoms with Crippen LogP contribution in [0.3, 0.4) is 0 Å². The lowest BCUT2D eigenvalue weighted by Crippen LogP contribution is -2.47. The molecule has 7 nitrogen and oxygen atoms in total. The largest absolute Gasteiger partial charge is 0.482 e. The second kappa shape index (κ2) is 9.76. The van der Waals surface area contributed by atoms with E-state index in [9.17, 15) is 27.2 Å². The Bertz CT molecular complexity index is 1040. The lowest BCUT2D eigenvalue weighted by molar-refractivity contribution is -0.153. The third-order valence-corrected chi connectivity index (χ3v) is 5.52. The van der Waals surface area contributed by atoms with Crippen molar-refractivity contribution >= 4 is 5.69 Å². The maximum absolute atomic E-state index is 13.6. The predicted octanol–water partition coefficient (Wildman–Crippen LogP) is 2.70. The molecular weight excluding hydrogens is 432 g/mol. The molecular formula is C21H26F4N4O3. The molecule has 1 atom stereocenters. The number of halogens is 4. The summed E-state index contributed by atoms with van der Waals surface area (Å²) in [5.74, 6) is -0.803. The molecule has 1 unspecified atom stereocenters. The van der Waals surface area contributed by atoms with Gasteiger partial charge in [0.15, 0.2) is 6.61 Å². The monoisotopic (exact) mass is 458 g/mol. The van der Waals surface area contributed by atoms with E-state index in [4.69, 9.17) is 4.74 Å². The summed E-state index contributed by atoms with van der Waals surface area (Å²) in [6.07, 6.45) is -2.53. The van der Waals surface area contributed by atoms with E-state index in [1.807, 2.05) is 11.8 Å². The molecule has 2 heterocycles. The summed E-state index contributed by atoms with van der Waals surface area (Å²) in [5, 5.41) is 0. The van der Waals surface area contributed by atoms with Gasteiger partial charge in [-0.1, -0.05) is 0 Å². The van der Waals surface area contributed by atoms with Gasteiger partial charge in [-0.15, -0.1) is 0 Å². The molecule has 2 aromatic rings. The van der Waals surface area contributed by atoms with Crippen LogP contribution in [0.2, 0.25) is 0 Å². The Morgan fingerprint density at radius 1 is 1.16 bits per heavy atom. The number of aryl methyl sites for hydroxylation is 1. The van der Waals surface area contributed by atoms with Gasteiger partial charge in [0.25, 0.3) is 5.56 Å². The van der Waals surface area contributed by atoms with Gasteiger partial charge in [-0.2, -0.15) is 13.2 Å². The highest BCUT2D eigenvalue weighted by Gasteiger charge is 2.30. The van der Waals surface area contributed by atoms with Crippen molar-refractivity contribution in [1.29, 1.82) is 0 Å². The fourth-order valence-corrected chi connectivity index (χ4v) is 3.72. The van der Waals surface area contributed by atoms with Crippen molar-refractivity contribution in [3.05, 3.63) is 56.6 Å². The van der Waals surface area contributed by atoms with E-state index in [0.717, 1.165) is 6.07 Å². The molecule has 1 aliphatic rings. The average Bonchev–Trinajstić information content (AvgIpc) is 2.74. The average molecular weight is 458 g/mol. The molecule has 1 aromatic heterocycles. The lowest BCUT2D eigenvalue weighted by Gasteiger charge is -2.37. The van der Waals surface area contributed by atoms with Crippen LogP contribution in [0.25, 0.3) is 0 Å². The number of benzene rings is 1. The highest BCUT2D eigenvalue weighted by molar-refractivity contribution is 5.59. The Labute approximate surface area is 182 Å². The minimum absolute atomic E-state index is 0.137. The number of rotatable bonds is 7. The number of aromatic amines is 1. The van der Waals surface area contributed by atoms with Crippen LogP contribution in [0.4, 0.5) is 23.2 Å². The molecule has 1 aliphatic heterocycles. The third kappa shape index (κ3) is 5.90. The fraction of sp³-hybridized carbons (Fsp3) is 0.524. The molecule has 1 fully saturated rings. The van der Waals surface area contributed by atoms with Gasteiger partial charge in [0.05, 0.1) is 5.69 Å². The van der Waals surface area contributed by atoms with Gasteiger partial charge >= 0.3 is 11.9 Å². The van der Waals surface area contributed by atoms with Gasteiger partial charge in [-0.05, 0) is 32.4 Å². The zero-order chi connectivity index (χ0) is 23.5. The zero-order valence-electron chi connectivity index (χ0n) is 17.9. The van der Waals surface area contributed by atoms with Crippen LogP contribution in [0.5, 0.6) is 5.75 Å². The Balaban J connectivity index is 1.59. The van der Waals surface area contributed by atoms with E-state index in [1.54, 1.807) is 6.92 Å². The molecule has 0 saturated carbocycles. The second-order valence-electron chi connectivity index (χ2n) is 7.93. The number of aromatic nitrogens is 2. The van der Waals surface area contributed by atoms with Crippen LogP contribution in [-0.2, 0) is 0 Å². The van der Waals surface area contributed by atoms with E-state index < -0.39 is 24.3 Å². The van der Waals surface area contributed by atoms with E-state index in [2.05, 4.69) is 9.88 Å². The van der Waals surface area contributed by atoms with Crippen molar-refractivity contribution in [2.24, 2.45) is 0 Å². The van der Waals surface area contributed by atoms with E-state index in [1.165, 1.54) is 22.9 Å². The summed E-state index contributed by atoms with van der Waals surface area (Å²) in [4.78, 5) is 30.9. The van der Waals surface area contributed by atoms with Crippen molar-refractivity contribution in [1.82, 2.24) is 14.5 Å². The number of nitrogens with zero attached hydrogens (tertiary/aromatic N) is 3. The SMILES string of the molecule is Cc1c[nH]c(=O)n(C(C)CCN2CCN(c3ccc(F)cc3OCC(F)(F)F)CC2)c1=O. The summed E-state index contributed by atoms with van der Waals surface area (Å²) < 4.78 is 57.2. The molecule has 32 heavy (non-hydrogen) atoms. The van der Waals surface area contributed by atoms with Crippen molar-refractivity contribution < 1.29 is 22.3 Å². The molecule has 0 amide bonds. The Kier molecular flexibility index (Phi) is 7.27. The number of ether oxygens (including phenoxy) is 1. The summed E-state index contributed by atoms with van der Waals surface area (Å²) in [7, 11) is 0. The third-order valence-electron chi connectivity index (χ3n) is 5.52. The molecule has 0 radical (unpaired) electrons. The van der Waals surface area contributed by atoms with E-state index in [0.29, 0.717) is 50.4 Å². The smallest absolute Gasteiger partial charge is 0.422 e. The van der Waals surface area contributed by atoms with Gasteiger partial charge in [0, 0.05) is 56.6 Å². The van der Waals surface area contributed by atoms with Crippen molar-refractivity contribution in [3.63, 3.8) is 0 Å². The van der Waals surface area contributed by atoms with Crippen molar-refractivity contribution in [2.75, 3.05) is 44.2 Å². The highest BCUT2D eigenvalue weighted by atomic mass is 19.4. The van der Waals surface area contributed by atoms with Crippen molar-refractivity contribution in [2.45, 2.75) is 32.5 Å². The Morgan fingerprint density at radius 3 is 2.50 bits per heavy atom. The summed E-state index contributed by atoms with van der Waals surface area (Å²) in [6.45, 7) is 4.91. The number of anilines is 1. The number of nitrogens with one attached hydrogen (secondary N) is 1. The number of alkyl halides is 3. The minimum Gasteiger partial charge on any atom is -0.482 e. The maximum Gasteiger partial charge on any atom is 0.422 e. The van der Waals surface area contributed by atoms with Crippen molar-refractivity contribution in [3.8, 4) is 5.75 Å². The second-order valence-corrected chi connectivity index (χ2v) is 7.93. The summed E-state index contributed by atoms with van der Waals surface area (Å²) >= 11 is 0. The fourth-order valence-electron chi connectivity index (χ4n) is 3.72. The number of H-pyrrole nitrogens is 1. The first-order valence-corrected chi connectivity index (χ1v) is 10.3. The van der Waals surface area contributed by atoms with Gasteiger partial charge < -0.3 is 14.6 Å². The Morgan fingerprint density at radius 2 is 1.84 bits per heavy atom. The standard InChI is InChI=1S/C21H26F4N4O3/c1-14-12-26-20(31)29(19(14)30)15(2)5-6-27-7-9-28(10-8-27)17-4-3-16(22)11-18(17)32-13-21(23,24)25/h3-4,11-12,15H,5-10,13H2,1-2H3,(H,26,31). The molecule has 0 spiro atoms. The predicted molar refractivity (Wildman–Crippen MR) is 112 cm³/mol. The zero-order valence-corrected chi connectivity index (χ0v) is 17.9. The first kappa shape index (κ1) is 23.8. The lowest BCUT2D eigenvalue weighted by atomic mass is 10.2. The van der Waals surface area contributed by atoms with Gasteiger partial charge in [-0.3, -0.25) is 14.3 Å². The Hall–Kier alpha value is -2.82. The number of hydrogen-bond acceptors (Lipinski definition) is 5. The molecule has 176 valence electrons. The topological polar surface area (TPSA) is 70.6 Å². The molecule has 3 rings (SSSR count). The molecule has 0 aliphatic carbocycles. The normalized spacial score (nSPS) is 16.2. The van der Waals surface area contributed by atoms with Gasteiger partial charge in [0.2, 0.25) is 0 Å². The van der Waals surface area contributed by atoms with Crippen LogP contribution >= 0.6 is 0 Å². The van der Waals surface area contributed by atoms with Crippen LogP contribution in [0.1, 0.15) is 24.9 Å². The van der Waals surface area contributed by atoms with Crippen LogP contribution in [0.15, 0.2) is 34.0 Å². The first-order valence-electron chi connectivity index (χ1n) is 10.3. The minimum atomic E-state index is -4.51. The first-order chi connectivity index (χ1) is 15.0. The highest BCUT2D eigenvalue weighted by Crippen LogP contribution is 2.31. The van der Waals surface area contributed by atoms with E-state index >= 15 is 0 Å². The van der Waals surface area contributed by atoms with Gasteiger partial charge in [0.1, 0.15) is 11.6 Å². The maximum atomic E-state index is 13.6. The van der Waals surface area contributed by atoms with E-state index in [-0.39, 0.29) is 17.4 Å². The number of piperazine rings is 1. The summed E-state index contributed by atoms with van der Waals surface area (Å²) in [6, 6.07) is 3.30. The number of hydrogen-bond donors (Lipinski definition) is 1.